The van der Waals surface area contributed by atoms with Gasteiger partial charge >= 0.3 is 0 Å². The first-order chi connectivity index (χ1) is 11.1. The Hall–Kier alpha value is -0.480. The number of ether oxygens (including phenoxy) is 1. The van der Waals surface area contributed by atoms with Crippen molar-refractivity contribution in [1.82, 2.24) is 0 Å². The molecule has 0 bridgehead atoms. The molecule has 0 saturated carbocycles. The van der Waals surface area contributed by atoms with Gasteiger partial charge in [-0.25, -0.2) is 0 Å². The molecule has 1 aliphatic heterocycles. The van der Waals surface area contributed by atoms with E-state index in [9.17, 15) is 0 Å². The predicted octanol–water partition coefficient (Wildman–Crippen LogP) is -6.81. The third kappa shape index (κ3) is 6.44. The van der Waals surface area contributed by atoms with E-state index in [4.69, 9.17) is 56.2 Å². The van der Waals surface area contributed by atoms with Crippen LogP contribution < -0.4 is 0 Å². The molecule has 0 aromatic heterocycles. The highest BCUT2D eigenvalue weighted by molar-refractivity contribution is 4.88. The van der Waals surface area contributed by atoms with Gasteiger partial charge in [-0.05, 0) is 0 Å². The summed E-state index contributed by atoms with van der Waals surface area (Å²) in [5.74, 6) is 0. The molecular formula is C12H26O12. The van der Waals surface area contributed by atoms with Crippen LogP contribution in [0.1, 0.15) is 0 Å². The Morgan fingerprint density at radius 2 is 1.08 bits per heavy atom. The quantitative estimate of drug-likeness (QED) is 0.212. The normalized spacial score (nSPS) is 35.4. The fraction of sp³-hybridized carbons (Fsp3) is 1.00. The van der Waals surface area contributed by atoms with E-state index >= 15 is 0 Å². The van der Waals surface area contributed by atoms with Gasteiger partial charge in [-0.1, -0.05) is 0 Å². The molecule has 0 amide bonds. The summed E-state index contributed by atoms with van der Waals surface area (Å²) in [6, 6.07) is 0. The highest BCUT2D eigenvalue weighted by Crippen LogP contribution is 2.19. The summed E-state index contributed by atoms with van der Waals surface area (Å²) >= 11 is 0. The molecule has 1 fully saturated rings. The summed E-state index contributed by atoms with van der Waals surface area (Å²) in [7, 11) is 0. The van der Waals surface area contributed by atoms with E-state index in [1.807, 2.05) is 0 Å². The Kier molecular flexibility index (Phi) is 11.0. The van der Waals surface area contributed by atoms with Gasteiger partial charge in [0.1, 0.15) is 48.8 Å². The maximum absolute atomic E-state index is 9.12. The zero-order valence-electron chi connectivity index (χ0n) is 12.6. The Morgan fingerprint density at radius 3 is 1.42 bits per heavy atom. The molecule has 12 heteroatoms. The second-order valence-corrected chi connectivity index (χ2v) is 5.20. The van der Waals surface area contributed by atoms with E-state index in [2.05, 4.69) is 4.74 Å². The zero-order valence-corrected chi connectivity index (χ0v) is 12.6. The van der Waals surface area contributed by atoms with Crippen LogP contribution in [0.3, 0.4) is 0 Å². The lowest BCUT2D eigenvalue weighted by atomic mass is 10.00. The minimum absolute atomic E-state index is 0.526. The van der Waals surface area contributed by atoms with E-state index in [1.54, 1.807) is 0 Å². The molecule has 0 radical (unpaired) electrons. The van der Waals surface area contributed by atoms with Gasteiger partial charge in [0.05, 0.1) is 19.8 Å². The third-order valence-corrected chi connectivity index (χ3v) is 3.38. The summed E-state index contributed by atoms with van der Waals surface area (Å²) in [4.78, 5) is 0. The van der Waals surface area contributed by atoms with E-state index in [-0.39, 0.29) is 0 Å². The minimum atomic E-state index is -1.67. The third-order valence-electron chi connectivity index (χ3n) is 3.38. The van der Waals surface area contributed by atoms with Gasteiger partial charge in [0.15, 0.2) is 6.29 Å². The maximum atomic E-state index is 9.12. The second-order valence-electron chi connectivity index (χ2n) is 5.20. The van der Waals surface area contributed by atoms with Crippen LogP contribution in [0.2, 0.25) is 0 Å². The van der Waals surface area contributed by atoms with Crippen molar-refractivity contribution in [2.45, 2.75) is 55.1 Å². The topological polar surface area (TPSA) is 232 Å². The molecule has 0 aromatic carbocycles. The van der Waals surface area contributed by atoms with Crippen LogP contribution in [0, 0.1) is 0 Å². The number of hydrogen-bond donors (Lipinski definition) is 11. The highest BCUT2D eigenvalue weighted by atomic mass is 16.6. The monoisotopic (exact) mass is 362 g/mol. The summed E-state index contributed by atoms with van der Waals surface area (Å²) in [6.45, 7) is -1.98. The first-order valence-electron chi connectivity index (χ1n) is 7.04. The highest BCUT2D eigenvalue weighted by Gasteiger charge is 2.42. The van der Waals surface area contributed by atoms with E-state index in [0.717, 1.165) is 0 Å². The number of hydrogen-bond acceptors (Lipinski definition) is 12. The van der Waals surface area contributed by atoms with Gasteiger partial charge in [0.25, 0.3) is 0 Å². The van der Waals surface area contributed by atoms with E-state index in [0.29, 0.717) is 0 Å². The molecule has 9 atom stereocenters. The Labute approximate surface area is 137 Å². The van der Waals surface area contributed by atoms with Crippen LogP contribution in [0.4, 0.5) is 0 Å². The van der Waals surface area contributed by atoms with Gasteiger partial charge in [0, 0.05) is 0 Å². The molecule has 0 spiro atoms. The summed E-state index contributed by atoms with van der Waals surface area (Å²) < 4.78 is 4.58. The fourth-order valence-electron chi connectivity index (χ4n) is 1.75. The van der Waals surface area contributed by atoms with Crippen molar-refractivity contribution >= 4 is 0 Å². The summed E-state index contributed by atoms with van der Waals surface area (Å²) in [5, 5.41) is 96.8. The first kappa shape index (κ1) is 23.5. The van der Waals surface area contributed by atoms with Crippen molar-refractivity contribution in [1.29, 1.82) is 0 Å². The van der Waals surface area contributed by atoms with E-state index in [1.165, 1.54) is 0 Å². The van der Waals surface area contributed by atoms with Crippen LogP contribution in [0.5, 0.6) is 0 Å². The molecule has 0 aromatic rings. The number of rotatable bonds is 6. The minimum Gasteiger partial charge on any atom is -0.394 e. The molecule has 24 heavy (non-hydrogen) atoms. The van der Waals surface area contributed by atoms with Crippen molar-refractivity contribution < 1.29 is 60.9 Å². The largest absolute Gasteiger partial charge is 0.394 e. The molecule has 146 valence electrons. The standard InChI is InChI=1S/C6H12O6.C6H14O6/c7-1-2-3(8)4(9)5(10)6(11)12-2;7-1-3(9)5(11)6(12)4(10)2-8/h2-11H,1H2;3-12H,1-2H2/t2-,3-,4+,5-,6?;3-,4+,5-,6-/m11/s1. The summed E-state index contributed by atoms with van der Waals surface area (Å²) in [6.07, 6.45) is -13.4. The molecule has 11 N–H and O–H groups in total. The molecular weight excluding hydrogens is 336 g/mol. The molecule has 0 aliphatic carbocycles. The van der Waals surface area contributed by atoms with Crippen LogP contribution in [-0.2, 0) is 4.74 Å². The number of aliphatic hydroxyl groups is 11. The van der Waals surface area contributed by atoms with Gasteiger partial charge < -0.3 is 60.9 Å². The Balaban J connectivity index is 0.000000441. The van der Waals surface area contributed by atoms with Crippen molar-refractivity contribution in [3.05, 3.63) is 0 Å². The predicted molar refractivity (Wildman–Crippen MR) is 74.2 cm³/mol. The Morgan fingerprint density at radius 1 is 0.667 bits per heavy atom. The van der Waals surface area contributed by atoms with Gasteiger partial charge in [-0.3, -0.25) is 0 Å². The molecule has 1 unspecified atom stereocenters. The van der Waals surface area contributed by atoms with Crippen molar-refractivity contribution in [3.63, 3.8) is 0 Å². The second kappa shape index (κ2) is 11.2. The zero-order chi connectivity index (χ0) is 19.0. The van der Waals surface area contributed by atoms with Crippen molar-refractivity contribution in [3.8, 4) is 0 Å². The van der Waals surface area contributed by atoms with Crippen molar-refractivity contribution in [2.24, 2.45) is 0 Å². The van der Waals surface area contributed by atoms with Crippen molar-refractivity contribution in [2.75, 3.05) is 19.8 Å². The average Bonchev–Trinajstić information content (AvgIpc) is 2.60. The summed E-state index contributed by atoms with van der Waals surface area (Å²) in [5.41, 5.74) is 0. The SMILES string of the molecule is OC[C@@H](O)[C@@H](O)[C@H](O)[C@@H](O)CO.OC[C@H]1OC(O)[C@H](O)[C@@H](O)[C@@H]1O. The van der Waals surface area contributed by atoms with E-state index < -0.39 is 74.9 Å². The first-order valence-corrected chi connectivity index (χ1v) is 7.04. The molecule has 1 aliphatic rings. The van der Waals surface area contributed by atoms with Crippen LogP contribution in [0.15, 0.2) is 0 Å². The van der Waals surface area contributed by atoms with Crippen LogP contribution >= 0.6 is 0 Å². The van der Waals surface area contributed by atoms with Crippen LogP contribution in [0.25, 0.3) is 0 Å². The smallest absolute Gasteiger partial charge is 0.184 e. The lowest BCUT2D eigenvalue weighted by Gasteiger charge is -2.37. The fourth-order valence-corrected chi connectivity index (χ4v) is 1.75. The van der Waals surface area contributed by atoms with Gasteiger partial charge in [-0.2, -0.15) is 0 Å². The molecule has 1 rings (SSSR count). The molecule has 12 nitrogen and oxygen atoms in total. The maximum Gasteiger partial charge on any atom is 0.184 e. The molecule has 1 saturated heterocycles. The average molecular weight is 362 g/mol. The lowest BCUT2D eigenvalue weighted by Crippen LogP contribution is -2.58. The lowest BCUT2D eigenvalue weighted by molar-refractivity contribution is -0.286. The molecule has 1 heterocycles. The number of aliphatic hydroxyl groups excluding tert-OH is 11. The Bertz CT molecular complexity index is 308. The van der Waals surface area contributed by atoms with Gasteiger partial charge in [-0.15, -0.1) is 0 Å². The van der Waals surface area contributed by atoms with Crippen LogP contribution in [-0.4, -0.2) is 131 Å². The van der Waals surface area contributed by atoms with Gasteiger partial charge in [0.2, 0.25) is 0 Å².